The summed E-state index contributed by atoms with van der Waals surface area (Å²) in [5, 5.41) is 0. The van der Waals surface area contributed by atoms with Gasteiger partial charge in [0, 0.05) is 0 Å². The number of benzene rings is 4. The van der Waals surface area contributed by atoms with Gasteiger partial charge in [-0.25, -0.2) is 0 Å². The summed E-state index contributed by atoms with van der Waals surface area (Å²) in [7, 11) is 0. The van der Waals surface area contributed by atoms with Crippen molar-refractivity contribution in [2.24, 2.45) is 0 Å². The normalized spacial score (nSPS) is 22.2. The molecule has 1 aliphatic heterocycles. The lowest BCUT2D eigenvalue weighted by atomic mass is 9.94. The van der Waals surface area contributed by atoms with Crippen molar-refractivity contribution < 1.29 is 23.7 Å². The smallest absolute Gasteiger partial charge is 0.147 e. The zero-order chi connectivity index (χ0) is 28.1. The Morgan fingerprint density at radius 2 is 0.902 bits per heavy atom. The summed E-state index contributed by atoms with van der Waals surface area (Å²) in [6.45, 7) is 1.90. The van der Waals surface area contributed by atoms with Crippen molar-refractivity contribution in [2.45, 2.75) is 56.9 Å². The van der Waals surface area contributed by atoms with Gasteiger partial charge >= 0.3 is 0 Å². The fourth-order valence-electron chi connectivity index (χ4n) is 4.92. The molecule has 5 rings (SSSR count). The fourth-order valence-corrected chi connectivity index (χ4v) is 4.92. The molecule has 4 unspecified atom stereocenters. The van der Waals surface area contributed by atoms with Crippen LogP contribution in [0.1, 0.15) is 22.3 Å². The van der Waals surface area contributed by atoms with Gasteiger partial charge in [-0.15, -0.1) is 6.42 Å². The molecule has 0 aromatic heterocycles. The number of hydrogen-bond donors (Lipinski definition) is 0. The van der Waals surface area contributed by atoms with Crippen molar-refractivity contribution >= 4 is 0 Å². The maximum Gasteiger partial charge on any atom is 0.147 e. The first-order valence-electron chi connectivity index (χ1n) is 14.0. The number of rotatable bonds is 13. The predicted molar refractivity (Wildman–Crippen MR) is 159 cm³/mol. The van der Waals surface area contributed by atoms with Crippen molar-refractivity contribution in [2.75, 3.05) is 6.61 Å². The van der Waals surface area contributed by atoms with E-state index in [2.05, 4.69) is 5.92 Å². The van der Waals surface area contributed by atoms with E-state index in [4.69, 9.17) is 30.1 Å². The summed E-state index contributed by atoms with van der Waals surface area (Å²) in [5.74, 6) is 2.81. The molecule has 210 valence electrons. The Morgan fingerprint density at radius 1 is 0.512 bits per heavy atom. The van der Waals surface area contributed by atoms with Crippen LogP contribution >= 0.6 is 0 Å². The molecule has 0 saturated carbocycles. The highest BCUT2D eigenvalue weighted by Crippen LogP contribution is 2.31. The van der Waals surface area contributed by atoms with Gasteiger partial charge in [-0.2, -0.15) is 0 Å². The van der Waals surface area contributed by atoms with E-state index >= 15 is 0 Å². The Labute approximate surface area is 243 Å². The van der Waals surface area contributed by atoms with E-state index in [1.807, 2.05) is 121 Å². The van der Waals surface area contributed by atoms with Crippen molar-refractivity contribution in [3.8, 4) is 12.3 Å². The zero-order valence-electron chi connectivity index (χ0n) is 23.1. The molecule has 41 heavy (non-hydrogen) atoms. The van der Waals surface area contributed by atoms with Gasteiger partial charge in [0.15, 0.2) is 0 Å². The van der Waals surface area contributed by atoms with E-state index in [1.165, 1.54) is 0 Å². The molecule has 4 aromatic rings. The summed E-state index contributed by atoms with van der Waals surface area (Å²) >= 11 is 0. The molecule has 4 aromatic carbocycles. The fraction of sp³-hybridized carbons (Fsp3) is 0.278. The van der Waals surface area contributed by atoms with Crippen LogP contribution in [0, 0.1) is 12.3 Å². The second-order valence-electron chi connectivity index (χ2n) is 10.0. The molecule has 0 spiro atoms. The molecule has 1 aliphatic rings. The van der Waals surface area contributed by atoms with Crippen LogP contribution in [0.25, 0.3) is 0 Å². The van der Waals surface area contributed by atoms with Crippen LogP contribution in [0.15, 0.2) is 121 Å². The van der Waals surface area contributed by atoms with Crippen LogP contribution in [0.4, 0.5) is 0 Å². The Hall–Kier alpha value is -3.76. The minimum Gasteiger partial charge on any atom is -0.374 e. The molecule has 0 aliphatic carbocycles. The van der Waals surface area contributed by atoms with E-state index in [9.17, 15) is 0 Å². The Balaban J connectivity index is 1.39. The zero-order valence-corrected chi connectivity index (χ0v) is 23.1. The highest BCUT2D eigenvalue weighted by Gasteiger charge is 2.48. The Morgan fingerprint density at radius 3 is 1.34 bits per heavy atom. The first kappa shape index (κ1) is 28.8. The lowest BCUT2D eigenvalue weighted by Crippen LogP contribution is -2.60. The molecule has 1 saturated heterocycles. The molecule has 5 atom stereocenters. The average Bonchev–Trinajstić information content (AvgIpc) is 3.04. The van der Waals surface area contributed by atoms with Gasteiger partial charge in [0.2, 0.25) is 0 Å². The molecule has 0 amide bonds. The third-order valence-corrected chi connectivity index (χ3v) is 7.05. The largest absolute Gasteiger partial charge is 0.374 e. The SMILES string of the molecule is C#CC1O[C@@H](COCc2ccccc2)C(OCc2ccccc2)C(OCc2ccccc2)C1OCc1ccccc1. The Bertz CT molecular complexity index is 1320. The third-order valence-electron chi connectivity index (χ3n) is 7.05. The highest BCUT2D eigenvalue weighted by molar-refractivity contribution is 5.17. The molecule has 5 heteroatoms. The standard InChI is InChI=1S/C36H36O5/c1-2-32-34(38-24-29-17-9-4-10-18-29)36(40-26-31-21-13-6-14-22-31)35(39-25-30-19-11-5-12-20-30)33(41-32)27-37-23-28-15-7-3-8-16-28/h1,3-22,32-36H,23-27H2/t32?,33-,34?,35?,36?/m0/s1. The molecule has 5 nitrogen and oxygen atoms in total. The second-order valence-corrected chi connectivity index (χ2v) is 10.0. The monoisotopic (exact) mass is 548 g/mol. The van der Waals surface area contributed by atoms with Crippen molar-refractivity contribution in [3.63, 3.8) is 0 Å². The van der Waals surface area contributed by atoms with Gasteiger partial charge in [0.1, 0.15) is 30.5 Å². The molecule has 1 fully saturated rings. The van der Waals surface area contributed by atoms with Gasteiger partial charge in [0.05, 0.1) is 33.0 Å². The van der Waals surface area contributed by atoms with Crippen molar-refractivity contribution in [3.05, 3.63) is 144 Å². The third kappa shape index (κ3) is 8.37. The van der Waals surface area contributed by atoms with Crippen LogP contribution in [0.5, 0.6) is 0 Å². The molecule has 0 radical (unpaired) electrons. The lowest BCUT2D eigenvalue weighted by molar-refractivity contribution is -0.261. The minimum absolute atomic E-state index is 0.295. The van der Waals surface area contributed by atoms with Crippen LogP contribution < -0.4 is 0 Å². The van der Waals surface area contributed by atoms with Crippen molar-refractivity contribution in [1.82, 2.24) is 0 Å². The van der Waals surface area contributed by atoms with Crippen LogP contribution in [-0.2, 0) is 50.1 Å². The van der Waals surface area contributed by atoms with E-state index in [0.29, 0.717) is 33.0 Å². The quantitative estimate of drug-likeness (QED) is 0.182. The van der Waals surface area contributed by atoms with E-state index in [1.54, 1.807) is 0 Å². The van der Waals surface area contributed by atoms with Gasteiger partial charge in [-0.05, 0) is 22.3 Å². The van der Waals surface area contributed by atoms with Crippen LogP contribution in [0.2, 0.25) is 0 Å². The van der Waals surface area contributed by atoms with Crippen LogP contribution in [-0.4, -0.2) is 37.1 Å². The van der Waals surface area contributed by atoms with Crippen molar-refractivity contribution in [1.29, 1.82) is 0 Å². The average molecular weight is 549 g/mol. The minimum atomic E-state index is -0.638. The second kappa shape index (κ2) is 15.3. The van der Waals surface area contributed by atoms with Gasteiger partial charge < -0.3 is 23.7 Å². The lowest BCUT2D eigenvalue weighted by Gasteiger charge is -2.44. The molecular weight excluding hydrogens is 512 g/mol. The topological polar surface area (TPSA) is 46.2 Å². The number of terminal acetylenes is 1. The van der Waals surface area contributed by atoms with Gasteiger partial charge in [0.25, 0.3) is 0 Å². The number of ether oxygens (including phenoxy) is 5. The van der Waals surface area contributed by atoms with Gasteiger partial charge in [-0.3, -0.25) is 0 Å². The predicted octanol–water partition coefficient (Wildman–Crippen LogP) is 6.36. The number of hydrogen-bond acceptors (Lipinski definition) is 5. The molecule has 0 bridgehead atoms. The summed E-state index contributed by atoms with van der Waals surface area (Å²) in [4.78, 5) is 0. The van der Waals surface area contributed by atoms with E-state index < -0.39 is 30.5 Å². The maximum absolute atomic E-state index is 6.62. The highest BCUT2D eigenvalue weighted by atomic mass is 16.6. The summed E-state index contributed by atoms with van der Waals surface area (Å²) < 4.78 is 32.3. The maximum atomic E-state index is 6.62. The molecular formula is C36H36O5. The van der Waals surface area contributed by atoms with E-state index in [0.717, 1.165) is 22.3 Å². The first-order valence-corrected chi connectivity index (χ1v) is 14.0. The van der Waals surface area contributed by atoms with Gasteiger partial charge in [-0.1, -0.05) is 127 Å². The summed E-state index contributed by atoms with van der Waals surface area (Å²) in [5.41, 5.74) is 4.23. The molecule has 1 heterocycles. The summed E-state index contributed by atoms with van der Waals surface area (Å²) in [6, 6.07) is 40.2. The Kier molecular flexibility index (Phi) is 10.7. The van der Waals surface area contributed by atoms with Crippen LogP contribution in [0.3, 0.4) is 0 Å². The first-order chi connectivity index (χ1) is 20.3. The summed E-state index contributed by atoms with van der Waals surface area (Å²) in [6.07, 6.45) is 3.41. The van der Waals surface area contributed by atoms with E-state index in [-0.39, 0.29) is 0 Å². The molecule has 0 N–H and O–H groups in total.